The molecule has 0 atom stereocenters. The van der Waals surface area contributed by atoms with Crippen molar-refractivity contribution in [2.75, 3.05) is 5.75 Å². The average Bonchev–Trinajstić information content (AvgIpc) is 3.47. The molecule has 0 spiro atoms. The van der Waals surface area contributed by atoms with Gasteiger partial charge in [0.05, 0.1) is 17.0 Å². The number of carbonyl (C=O) groups is 1. The first kappa shape index (κ1) is 18.5. The van der Waals surface area contributed by atoms with Crippen molar-refractivity contribution >= 4 is 29.1 Å². The number of ether oxygens (including phenoxy) is 1. The Kier molecular flexibility index (Phi) is 5.54. The van der Waals surface area contributed by atoms with Gasteiger partial charge in [0, 0.05) is 25.1 Å². The molecule has 0 unspecified atom stereocenters. The van der Waals surface area contributed by atoms with E-state index < -0.39 is 0 Å². The van der Waals surface area contributed by atoms with Crippen molar-refractivity contribution in [1.29, 1.82) is 0 Å². The molecule has 0 fully saturated rings. The van der Waals surface area contributed by atoms with Gasteiger partial charge in [0.2, 0.25) is 0 Å². The molecule has 4 aromatic rings. The molecule has 3 aromatic heterocycles. The summed E-state index contributed by atoms with van der Waals surface area (Å²) in [7, 11) is 1.89. The van der Waals surface area contributed by atoms with Crippen molar-refractivity contribution < 1.29 is 9.53 Å². The Hall–Kier alpha value is -2.91. The molecule has 0 aliphatic rings. The Morgan fingerprint density at radius 2 is 2.07 bits per heavy atom. The van der Waals surface area contributed by atoms with Crippen LogP contribution in [0.15, 0.2) is 65.7 Å². The van der Waals surface area contributed by atoms with Crippen molar-refractivity contribution in [2.45, 2.75) is 11.8 Å². The summed E-state index contributed by atoms with van der Waals surface area (Å²) in [6, 6.07) is 11.8. The third-order valence-corrected chi connectivity index (χ3v) is 5.89. The van der Waals surface area contributed by atoms with E-state index in [2.05, 4.69) is 15.2 Å². The van der Waals surface area contributed by atoms with E-state index in [1.807, 2.05) is 64.2 Å². The van der Waals surface area contributed by atoms with Gasteiger partial charge in [-0.25, -0.2) is 4.98 Å². The van der Waals surface area contributed by atoms with E-state index in [4.69, 9.17) is 4.74 Å². The second kappa shape index (κ2) is 8.41. The number of thioether (sulfide) groups is 1. The number of carbonyl (C=O) groups excluding carboxylic acids is 1. The van der Waals surface area contributed by atoms with Gasteiger partial charge in [-0.2, -0.15) is 0 Å². The van der Waals surface area contributed by atoms with Crippen LogP contribution < -0.4 is 0 Å². The Bertz CT molecular complexity index is 1040. The second-order valence-electron chi connectivity index (χ2n) is 5.93. The number of thiophene rings is 1. The van der Waals surface area contributed by atoms with Gasteiger partial charge in [0.25, 0.3) is 0 Å². The zero-order chi connectivity index (χ0) is 19.3. The van der Waals surface area contributed by atoms with Crippen LogP contribution in [0.2, 0.25) is 0 Å². The maximum atomic E-state index is 12.1. The molecule has 0 aliphatic carbocycles. The molecule has 28 heavy (non-hydrogen) atoms. The smallest absolute Gasteiger partial charge is 0.316 e. The average molecular weight is 412 g/mol. The molecule has 4 rings (SSSR count). The minimum Gasteiger partial charge on any atom is -0.460 e. The monoisotopic (exact) mass is 411 g/mol. The van der Waals surface area contributed by atoms with Crippen LogP contribution in [0.4, 0.5) is 0 Å². The van der Waals surface area contributed by atoms with Crippen molar-refractivity contribution in [2.24, 2.45) is 7.05 Å². The van der Waals surface area contributed by atoms with Crippen LogP contribution in [-0.2, 0) is 23.2 Å². The zero-order valence-corrected chi connectivity index (χ0v) is 16.7. The molecule has 0 radical (unpaired) electrons. The molecular weight excluding hydrogens is 394 g/mol. The summed E-state index contributed by atoms with van der Waals surface area (Å²) in [4.78, 5) is 17.2. The Morgan fingerprint density at radius 1 is 1.21 bits per heavy atom. The number of benzene rings is 1. The fourth-order valence-electron chi connectivity index (χ4n) is 2.57. The standard InChI is InChI=1S/C19H17N5O2S2/c1-23-18(16-3-2-10-27-16)21-22-19(23)28-12-17(25)26-11-14-4-6-15(7-5-14)24-9-8-20-13-24/h2-10,13H,11-12H2,1H3. The molecule has 7 nitrogen and oxygen atoms in total. The fourth-order valence-corrected chi connectivity index (χ4v) is 4.02. The van der Waals surface area contributed by atoms with Crippen LogP contribution in [0.25, 0.3) is 16.4 Å². The third kappa shape index (κ3) is 4.15. The highest BCUT2D eigenvalue weighted by atomic mass is 32.2. The Balaban J connectivity index is 1.28. The van der Waals surface area contributed by atoms with E-state index in [0.29, 0.717) is 5.16 Å². The lowest BCUT2D eigenvalue weighted by molar-refractivity contribution is -0.141. The molecule has 1 aromatic carbocycles. The van der Waals surface area contributed by atoms with Gasteiger partial charge in [-0.05, 0) is 29.1 Å². The summed E-state index contributed by atoms with van der Waals surface area (Å²) < 4.78 is 9.17. The highest BCUT2D eigenvalue weighted by molar-refractivity contribution is 7.99. The topological polar surface area (TPSA) is 74.8 Å². The summed E-state index contributed by atoms with van der Waals surface area (Å²) in [6.07, 6.45) is 5.35. The van der Waals surface area contributed by atoms with E-state index >= 15 is 0 Å². The van der Waals surface area contributed by atoms with E-state index in [0.717, 1.165) is 22.0 Å². The van der Waals surface area contributed by atoms with Gasteiger partial charge in [-0.15, -0.1) is 21.5 Å². The van der Waals surface area contributed by atoms with Gasteiger partial charge in [0.1, 0.15) is 6.61 Å². The number of imidazole rings is 1. The summed E-state index contributed by atoms with van der Waals surface area (Å²) >= 11 is 2.92. The molecule has 0 amide bonds. The lowest BCUT2D eigenvalue weighted by Gasteiger charge is -2.07. The Morgan fingerprint density at radius 3 is 2.79 bits per heavy atom. The van der Waals surface area contributed by atoms with Gasteiger partial charge >= 0.3 is 5.97 Å². The van der Waals surface area contributed by atoms with Crippen molar-refractivity contribution in [3.8, 4) is 16.4 Å². The van der Waals surface area contributed by atoms with Gasteiger partial charge in [-0.3, -0.25) is 4.79 Å². The predicted molar refractivity (Wildman–Crippen MR) is 108 cm³/mol. The molecule has 0 N–H and O–H groups in total. The maximum Gasteiger partial charge on any atom is 0.316 e. The molecular formula is C19H17N5O2S2. The van der Waals surface area contributed by atoms with Crippen LogP contribution in [0.1, 0.15) is 5.56 Å². The van der Waals surface area contributed by atoms with E-state index in [1.165, 1.54) is 11.8 Å². The number of hydrogen-bond acceptors (Lipinski definition) is 7. The number of hydrogen-bond donors (Lipinski definition) is 0. The molecule has 3 heterocycles. The van der Waals surface area contributed by atoms with Crippen molar-refractivity contribution in [3.63, 3.8) is 0 Å². The van der Waals surface area contributed by atoms with Crippen LogP contribution in [0.5, 0.6) is 0 Å². The summed E-state index contributed by atoms with van der Waals surface area (Å²) in [5.41, 5.74) is 1.94. The molecule has 0 saturated carbocycles. The van der Waals surface area contributed by atoms with Crippen LogP contribution >= 0.6 is 23.1 Å². The number of nitrogens with zero attached hydrogens (tertiary/aromatic N) is 5. The van der Waals surface area contributed by atoms with Crippen LogP contribution in [-0.4, -0.2) is 36.0 Å². The largest absolute Gasteiger partial charge is 0.460 e. The quantitative estimate of drug-likeness (QED) is 0.342. The lowest BCUT2D eigenvalue weighted by Crippen LogP contribution is -2.08. The minimum atomic E-state index is -0.288. The molecule has 0 aliphatic heterocycles. The number of esters is 1. The van der Waals surface area contributed by atoms with E-state index in [1.54, 1.807) is 23.9 Å². The number of rotatable bonds is 7. The van der Waals surface area contributed by atoms with E-state index in [-0.39, 0.29) is 18.3 Å². The maximum absolute atomic E-state index is 12.1. The van der Waals surface area contributed by atoms with Crippen molar-refractivity contribution in [1.82, 2.24) is 24.3 Å². The normalized spacial score (nSPS) is 10.9. The molecule has 9 heteroatoms. The highest BCUT2D eigenvalue weighted by Gasteiger charge is 2.14. The lowest BCUT2D eigenvalue weighted by atomic mass is 10.2. The van der Waals surface area contributed by atoms with Crippen molar-refractivity contribution in [3.05, 3.63) is 66.1 Å². The first-order chi connectivity index (χ1) is 13.7. The molecule has 0 saturated heterocycles. The minimum absolute atomic E-state index is 0.184. The summed E-state index contributed by atoms with van der Waals surface area (Å²) in [5, 5.41) is 11.0. The van der Waals surface area contributed by atoms with E-state index in [9.17, 15) is 4.79 Å². The van der Waals surface area contributed by atoms with Gasteiger partial charge < -0.3 is 13.9 Å². The zero-order valence-electron chi connectivity index (χ0n) is 15.1. The number of aromatic nitrogens is 5. The van der Waals surface area contributed by atoms with Crippen LogP contribution in [0.3, 0.4) is 0 Å². The molecule has 0 bridgehead atoms. The Labute approximate surface area is 170 Å². The predicted octanol–water partition coefficient (Wildman–Crippen LogP) is 3.56. The fraction of sp³-hybridized carbons (Fsp3) is 0.158. The molecule has 142 valence electrons. The van der Waals surface area contributed by atoms with Gasteiger partial charge in [-0.1, -0.05) is 30.0 Å². The highest BCUT2D eigenvalue weighted by Crippen LogP contribution is 2.26. The second-order valence-corrected chi connectivity index (χ2v) is 7.82. The summed E-state index contributed by atoms with van der Waals surface area (Å²) in [6.45, 7) is 0.239. The summed E-state index contributed by atoms with van der Waals surface area (Å²) in [5.74, 6) is 0.692. The first-order valence-corrected chi connectivity index (χ1v) is 10.4. The first-order valence-electron chi connectivity index (χ1n) is 8.49. The van der Waals surface area contributed by atoms with Crippen LogP contribution in [0, 0.1) is 0 Å². The SMILES string of the molecule is Cn1c(SCC(=O)OCc2ccc(-n3ccnc3)cc2)nnc1-c1cccs1. The third-order valence-electron chi connectivity index (χ3n) is 4.03. The van der Waals surface area contributed by atoms with Gasteiger partial charge in [0.15, 0.2) is 11.0 Å².